The molecule has 0 N–H and O–H groups in total. The molecular weight excluding hydrogens is 362 g/mol. The minimum Gasteiger partial charge on any atom is -0.339 e. The van der Waals surface area contributed by atoms with Crippen LogP contribution in [0.4, 0.5) is 5.69 Å². The first-order valence-corrected chi connectivity index (χ1v) is 10.4. The molecule has 0 spiro atoms. The zero-order valence-corrected chi connectivity index (χ0v) is 15.4. The van der Waals surface area contributed by atoms with Crippen molar-refractivity contribution in [1.29, 1.82) is 5.26 Å². The van der Waals surface area contributed by atoms with Crippen molar-refractivity contribution >= 4 is 33.2 Å². The van der Waals surface area contributed by atoms with E-state index in [1.54, 1.807) is 23.1 Å². The lowest BCUT2D eigenvalue weighted by Gasteiger charge is -2.30. The van der Waals surface area contributed by atoms with E-state index in [0.29, 0.717) is 50.1 Å². The number of piperidine rings is 1. The predicted octanol–water partition coefficient (Wildman–Crippen LogP) is 2.65. The van der Waals surface area contributed by atoms with Crippen LogP contribution < -0.4 is 4.31 Å². The van der Waals surface area contributed by atoms with Gasteiger partial charge in [-0.3, -0.25) is 9.10 Å². The van der Waals surface area contributed by atoms with Crippen LogP contribution in [0.25, 0.3) is 0 Å². The van der Waals surface area contributed by atoms with Crippen molar-refractivity contribution in [3.05, 3.63) is 28.8 Å². The molecule has 134 valence electrons. The fourth-order valence-corrected chi connectivity index (χ4v) is 5.18. The van der Waals surface area contributed by atoms with E-state index < -0.39 is 10.0 Å². The summed E-state index contributed by atoms with van der Waals surface area (Å²) in [6, 6.07) is 7.04. The molecule has 2 aliphatic rings. The highest BCUT2D eigenvalue weighted by Gasteiger charge is 2.28. The summed E-state index contributed by atoms with van der Waals surface area (Å²) in [7, 11) is -3.31. The van der Waals surface area contributed by atoms with Crippen LogP contribution in [0.5, 0.6) is 0 Å². The van der Waals surface area contributed by atoms with Gasteiger partial charge in [0.1, 0.15) is 0 Å². The molecule has 6 nitrogen and oxygen atoms in total. The molecule has 0 unspecified atom stereocenters. The van der Waals surface area contributed by atoms with E-state index in [-0.39, 0.29) is 22.6 Å². The molecule has 0 atom stereocenters. The Morgan fingerprint density at radius 2 is 1.92 bits per heavy atom. The van der Waals surface area contributed by atoms with Gasteiger partial charge in [0, 0.05) is 25.6 Å². The maximum Gasteiger partial charge on any atom is 0.255 e. The summed E-state index contributed by atoms with van der Waals surface area (Å²) in [6.45, 7) is 1.51. The molecule has 1 aromatic rings. The monoisotopic (exact) mass is 381 g/mol. The highest BCUT2D eigenvalue weighted by Crippen LogP contribution is 2.29. The summed E-state index contributed by atoms with van der Waals surface area (Å²) in [5.74, 6) is -0.0280. The number of hydrogen-bond donors (Lipinski definition) is 0. The van der Waals surface area contributed by atoms with Gasteiger partial charge in [-0.25, -0.2) is 8.42 Å². The van der Waals surface area contributed by atoms with E-state index in [9.17, 15) is 13.2 Å². The van der Waals surface area contributed by atoms with Crippen molar-refractivity contribution in [2.75, 3.05) is 29.7 Å². The van der Waals surface area contributed by atoms with Crippen LogP contribution in [-0.4, -0.2) is 44.6 Å². The van der Waals surface area contributed by atoms with Gasteiger partial charge in [-0.2, -0.15) is 5.26 Å². The van der Waals surface area contributed by atoms with Crippen molar-refractivity contribution in [3.63, 3.8) is 0 Å². The smallest absolute Gasteiger partial charge is 0.255 e. The maximum absolute atomic E-state index is 12.7. The quantitative estimate of drug-likeness (QED) is 0.788. The average Bonchev–Trinajstić information content (AvgIpc) is 2.61. The first-order chi connectivity index (χ1) is 11.9. The Balaban J connectivity index is 1.78. The third kappa shape index (κ3) is 3.75. The number of amides is 1. The van der Waals surface area contributed by atoms with Crippen molar-refractivity contribution in [2.24, 2.45) is 5.92 Å². The van der Waals surface area contributed by atoms with Gasteiger partial charge in [-0.05, 0) is 43.9 Å². The van der Waals surface area contributed by atoms with Gasteiger partial charge < -0.3 is 4.90 Å². The average molecular weight is 382 g/mol. The zero-order chi connectivity index (χ0) is 18.0. The van der Waals surface area contributed by atoms with Gasteiger partial charge >= 0.3 is 0 Å². The molecular formula is C17H20ClN3O3S. The normalized spacial score (nSPS) is 21.0. The van der Waals surface area contributed by atoms with E-state index in [0.717, 1.165) is 6.42 Å². The molecule has 0 aromatic heterocycles. The molecule has 0 bridgehead atoms. The fraction of sp³-hybridized carbons (Fsp3) is 0.529. The number of nitriles is 1. The molecule has 0 aliphatic carbocycles. The first kappa shape index (κ1) is 18.0. The van der Waals surface area contributed by atoms with E-state index in [1.165, 1.54) is 4.31 Å². The third-order valence-electron chi connectivity index (χ3n) is 4.79. The lowest BCUT2D eigenvalue weighted by Crippen LogP contribution is -2.39. The molecule has 2 heterocycles. The Bertz CT molecular complexity index is 811. The lowest BCUT2D eigenvalue weighted by atomic mass is 9.98. The van der Waals surface area contributed by atoms with Crippen LogP contribution in [-0.2, 0) is 10.0 Å². The highest BCUT2D eigenvalue weighted by molar-refractivity contribution is 7.92. The SMILES string of the molecule is N#CC1CCN(C(=O)c2ccc(N3CCCCS3(=O)=O)cc2Cl)CC1. The second-order valence-electron chi connectivity index (χ2n) is 6.45. The summed E-state index contributed by atoms with van der Waals surface area (Å²) in [4.78, 5) is 14.4. The zero-order valence-electron chi connectivity index (χ0n) is 13.8. The van der Waals surface area contributed by atoms with Crippen molar-refractivity contribution in [3.8, 4) is 6.07 Å². The summed E-state index contributed by atoms with van der Waals surface area (Å²) in [6.07, 6.45) is 2.82. The Morgan fingerprint density at radius 3 is 2.52 bits per heavy atom. The number of rotatable bonds is 2. The number of carbonyl (C=O) groups is 1. The number of sulfonamides is 1. The van der Waals surface area contributed by atoms with Crippen molar-refractivity contribution < 1.29 is 13.2 Å². The van der Waals surface area contributed by atoms with Crippen molar-refractivity contribution in [1.82, 2.24) is 4.90 Å². The van der Waals surface area contributed by atoms with Crippen LogP contribution in [0.1, 0.15) is 36.0 Å². The lowest BCUT2D eigenvalue weighted by molar-refractivity contribution is 0.0707. The van der Waals surface area contributed by atoms with Gasteiger partial charge in [0.15, 0.2) is 0 Å². The summed E-state index contributed by atoms with van der Waals surface area (Å²) >= 11 is 6.29. The molecule has 2 saturated heterocycles. The number of carbonyl (C=O) groups excluding carboxylic acids is 1. The molecule has 1 aromatic carbocycles. The highest BCUT2D eigenvalue weighted by atomic mass is 35.5. The van der Waals surface area contributed by atoms with E-state index >= 15 is 0 Å². The maximum atomic E-state index is 12.7. The second kappa shape index (κ2) is 7.22. The number of benzene rings is 1. The first-order valence-electron chi connectivity index (χ1n) is 8.41. The number of likely N-dealkylation sites (tertiary alicyclic amines) is 1. The van der Waals surface area contributed by atoms with Crippen LogP contribution in [0.3, 0.4) is 0 Å². The minimum absolute atomic E-state index is 0.00575. The van der Waals surface area contributed by atoms with Gasteiger partial charge in [0.2, 0.25) is 10.0 Å². The largest absolute Gasteiger partial charge is 0.339 e. The second-order valence-corrected chi connectivity index (χ2v) is 8.88. The number of hydrogen-bond acceptors (Lipinski definition) is 4. The number of nitrogens with zero attached hydrogens (tertiary/aromatic N) is 3. The molecule has 0 saturated carbocycles. The van der Waals surface area contributed by atoms with Gasteiger partial charge in [-0.15, -0.1) is 0 Å². The standard InChI is InChI=1S/C17H20ClN3O3S/c18-16-11-14(21-7-1-2-10-25(21,23)24)3-4-15(16)17(22)20-8-5-13(12-19)6-9-20/h3-4,11,13H,1-2,5-10H2. The summed E-state index contributed by atoms with van der Waals surface area (Å²) < 4.78 is 25.8. The molecule has 25 heavy (non-hydrogen) atoms. The molecule has 8 heteroatoms. The Kier molecular flexibility index (Phi) is 5.21. The van der Waals surface area contributed by atoms with Crippen molar-refractivity contribution in [2.45, 2.75) is 25.7 Å². The number of halogens is 1. The molecule has 2 fully saturated rings. The Labute approximate surface area is 153 Å². The van der Waals surface area contributed by atoms with Crippen LogP contribution in [0.2, 0.25) is 5.02 Å². The molecule has 2 aliphatic heterocycles. The van der Waals surface area contributed by atoms with Crippen LogP contribution >= 0.6 is 11.6 Å². The van der Waals surface area contributed by atoms with Gasteiger partial charge in [-0.1, -0.05) is 11.6 Å². The summed E-state index contributed by atoms with van der Waals surface area (Å²) in [5, 5.41) is 9.20. The molecule has 1 amide bonds. The minimum atomic E-state index is -3.31. The van der Waals surface area contributed by atoms with E-state index in [1.807, 2.05) is 0 Å². The third-order valence-corrected chi connectivity index (χ3v) is 6.97. The predicted molar refractivity (Wildman–Crippen MR) is 96.1 cm³/mol. The Hall–Kier alpha value is -1.78. The number of anilines is 1. The molecule has 3 rings (SSSR count). The summed E-state index contributed by atoms with van der Waals surface area (Å²) in [5.41, 5.74) is 0.875. The van der Waals surface area contributed by atoms with E-state index in [4.69, 9.17) is 16.9 Å². The van der Waals surface area contributed by atoms with Crippen LogP contribution in [0, 0.1) is 17.2 Å². The fourth-order valence-electron chi connectivity index (χ4n) is 3.29. The molecule has 0 radical (unpaired) electrons. The van der Waals surface area contributed by atoms with Crippen LogP contribution in [0.15, 0.2) is 18.2 Å². The van der Waals surface area contributed by atoms with Gasteiger partial charge in [0.25, 0.3) is 5.91 Å². The Morgan fingerprint density at radius 1 is 1.20 bits per heavy atom. The topological polar surface area (TPSA) is 81.5 Å². The van der Waals surface area contributed by atoms with E-state index in [2.05, 4.69) is 6.07 Å². The van der Waals surface area contributed by atoms with Gasteiger partial charge in [0.05, 0.1) is 28.1 Å².